The first-order valence-electron chi connectivity index (χ1n) is 4.38. The molecule has 0 aromatic rings. The highest BCUT2D eigenvalue weighted by atomic mass is 16.3. The van der Waals surface area contributed by atoms with Crippen molar-refractivity contribution in [3.05, 3.63) is 12.7 Å². The van der Waals surface area contributed by atoms with Gasteiger partial charge in [-0.3, -0.25) is 0 Å². The molecule has 1 aliphatic rings. The second kappa shape index (κ2) is 2.98. The zero-order chi connectivity index (χ0) is 8.48. The molecule has 2 unspecified atom stereocenters. The smallest absolute Gasteiger partial charge is 0.0607 e. The SMILES string of the molecule is C=CC1C(O)CCCC1(C)C. The Morgan fingerprint density at radius 2 is 2.18 bits per heavy atom. The van der Waals surface area contributed by atoms with E-state index in [9.17, 15) is 5.11 Å². The van der Waals surface area contributed by atoms with Crippen molar-refractivity contribution in [2.24, 2.45) is 11.3 Å². The first-order valence-corrected chi connectivity index (χ1v) is 4.38. The van der Waals surface area contributed by atoms with E-state index >= 15 is 0 Å². The summed E-state index contributed by atoms with van der Waals surface area (Å²) in [5, 5.41) is 9.63. The van der Waals surface area contributed by atoms with Gasteiger partial charge in [-0.25, -0.2) is 0 Å². The Morgan fingerprint density at radius 3 is 2.55 bits per heavy atom. The summed E-state index contributed by atoms with van der Waals surface area (Å²) in [5.41, 5.74) is 0.249. The van der Waals surface area contributed by atoms with E-state index in [0.717, 1.165) is 12.8 Å². The molecule has 0 saturated heterocycles. The molecule has 1 aliphatic carbocycles. The molecule has 0 aliphatic heterocycles. The zero-order valence-corrected chi connectivity index (χ0v) is 7.51. The number of aliphatic hydroxyl groups excluding tert-OH is 1. The minimum Gasteiger partial charge on any atom is -0.392 e. The monoisotopic (exact) mass is 154 g/mol. The zero-order valence-electron chi connectivity index (χ0n) is 7.51. The molecule has 0 amide bonds. The van der Waals surface area contributed by atoms with Crippen molar-refractivity contribution in [1.82, 2.24) is 0 Å². The van der Waals surface area contributed by atoms with E-state index in [1.165, 1.54) is 6.42 Å². The van der Waals surface area contributed by atoms with Crippen molar-refractivity contribution in [3.8, 4) is 0 Å². The molecule has 0 bridgehead atoms. The topological polar surface area (TPSA) is 20.2 Å². The van der Waals surface area contributed by atoms with Gasteiger partial charge in [-0.1, -0.05) is 26.3 Å². The quantitative estimate of drug-likeness (QED) is 0.575. The van der Waals surface area contributed by atoms with Gasteiger partial charge >= 0.3 is 0 Å². The third-order valence-electron chi connectivity index (χ3n) is 2.89. The molecule has 1 fully saturated rings. The van der Waals surface area contributed by atoms with E-state index in [-0.39, 0.29) is 17.4 Å². The van der Waals surface area contributed by atoms with Crippen molar-refractivity contribution < 1.29 is 5.11 Å². The number of hydrogen-bond acceptors (Lipinski definition) is 1. The Bertz CT molecular complexity index is 149. The molecule has 64 valence electrons. The molecule has 1 nitrogen and oxygen atoms in total. The van der Waals surface area contributed by atoms with Gasteiger partial charge in [0.2, 0.25) is 0 Å². The highest BCUT2D eigenvalue weighted by Gasteiger charge is 2.35. The summed E-state index contributed by atoms with van der Waals surface area (Å²) in [6.45, 7) is 8.19. The highest BCUT2D eigenvalue weighted by Crippen LogP contribution is 2.40. The lowest BCUT2D eigenvalue weighted by atomic mass is 9.67. The van der Waals surface area contributed by atoms with Crippen molar-refractivity contribution in [2.45, 2.75) is 39.2 Å². The van der Waals surface area contributed by atoms with Gasteiger partial charge in [-0.05, 0) is 18.3 Å². The molecule has 1 rings (SSSR count). The average Bonchev–Trinajstić information content (AvgIpc) is 1.86. The summed E-state index contributed by atoms with van der Waals surface area (Å²) in [4.78, 5) is 0. The fraction of sp³-hybridized carbons (Fsp3) is 0.800. The van der Waals surface area contributed by atoms with Crippen molar-refractivity contribution in [1.29, 1.82) is 0 Å². The lowest BCUT2D eigenvalue weighted by molar-refractivity contribution is 0.0183. The minimum absolute atomic E-state index is 0.156. The van der Waals surface area contributed by atoms with E-state index in [1.54, 1.807) is 0 Å². The number of aliphatic hydroxyl groups is 1. The maximum Gasteiger partial charge on any atom is 0.0607 e. The molecule has 0 aromatic heterocycles. The Kier molecular flexibility index (Phi) is 2.38. The van der Waals surface area contributed by atoms with Gasteiger partial charge in [-0.2, -0.15) is 0 Å². The van der Waals surface area contributed by atoms with E-state index in [2.05, 4.69) is 20.4 Å². The van der Waals surface area contributed by atoms with Crippen LogP contribution in [0.2, 0.25) is 0 Å². The van der Waals surface area contributed by atoms with Crippen molar-refractivity contribution >= 4 is 0 Å². The van der Waals surface area contributed by atoms with Gasteiger partial charge in [0.05, 0.1) is 6.10 Å². The maximum absolute atomic E-state index is 9.63. The van der Waals surface area contributed by atoms with Crippen molar-refractivity contribution in [3.63, 3.8) is 0 Å². The Hall–Kier alpha value is -0.300. The Labute approximate surface area is 69.1 Å². The largest absolute Gasteiger partial charge is 0.392 e. The van der Waals surface area contributed by atoms with Gasteiger partial charge in [0, 0.05) is 5.92 Å². The first-order chi connectivity index (χ1) is 5.08. The molecule has 1 heteroatoms. The molecule has 1 saturated carbocycles. The van der Waals surface area contributed by atoms with Crippen LogP contribution in [0, 0.1) is 11.3 Å². The molecule has 0 heterocycles. The fourth-order valence-electron chi connectivity index (χ4n) is 2.11. The average molecular weight is 154 g/mol. The summed E-state index contributed by atoms with van der Waals surface area (Å²) >= 11 is 0. The molecular weight excluding hydrogens is 136 g/mol. The predicted molar refractivity (Wildman–Crippen MR) is 47.3 cm³/mol. The van der Waals surface area contributed by atoms with E-state index in [1.807, 2.05) is 6.08 Å². The third-order valence-corrected chi connectivity index (χ3v) is 2.89. The van der Waals surface area contributed by atoms with Gasteiger partial charge in [0.1, 0.15) is 0 Å². The highest BCUT2D eigenvalue weighted by molar-refractivity contribution is 4.97. The second-order valence-corrected chi connectivity index (χ2v) is 4.21. The second-order valence-electron chi connectivity index (χ2n) is 4.21. The molecule has 0 spiro atoms. The molecule has 11 heavy (non-hydrogen) atoms. The van der Waals surface area contributed by atoms with Crippen LogP contribution in [0.5, 0.6) is 0 Å². The Morgan fingerprint density at radius 1 is 1.55 bits per heavy atom. The summed E-state index contributed by atoms with van der Waals surface area (Å²) in [5.74, 6) is 0.288. The third kappa shape index (κ3) is 1.64. The van der Waals surface area contributed by atoms with Crippen LogP contribution in [-0.2, 0) is 0 Å². The standard InChI is InChI=1S/C10H18O/c1-4-8-9(11)6-5-7-10(8,2)3/h4,8-9,11H,1,5-7H2,2-3H3. The van der Waals surface area contributed by atoms with Gasteiger partial charge < -0.3 is 5.11 Å². The van der Waals surface area contributed by atoms with Crippen LogP contribution in [0.1, 0.15) is 33.1 Å². The molecule has 2 atom stereocenters. The molecule has 1 N–H and O–H groups in total. The van der Waals surface area contributed by atoms with Crippen LogP contribution in [0.4, 0.5) is 0 Å². The number of hydrogen-bond donors (Lipinski definition) is 1. The Balaban J connectivity index is 2.72. The van der Waals surface area contributed by atoms with Crippen LogP contribution in [0.25, 0.3) is 0 Å². The van der Waals surface area contributed by atoms with Crippen LogP contribution >= 0.6 is 0 Å². The number of rotatable bonds is 1. The molecule has 0 radical (unpaired) electrons. The van der Waals surface area contributed by atoms with E-state index in [0.29, 0.717) is 0 Å². The maximum atomic E-state index is 9.63. The lowest BCUT2D eigenvalue weighted by Gasteiger charge is -2.40. The summed E-state index contributed by atoms with van der Waals surface area (Å²) in [6.07, 6.45) is 5.06. The summed E-state index contributed by atoms with van der Waals surface area (Å²) < 4.78 is 0. The first kappa shape index (κ1) is 8.79. The van der Waals surface area contributed by atoms with Crippen LogP contribution < -0.4 is 0 Å². The van der Waals surface area contributed by atoms with E-state index < -0.39 is 0 Å². The van der Waals surface area contributed by atoms with Crippen LogP contribution in [-0.4, -0.2) is 11.2 Å². The van der Waals surface area contributed by atoms with Crippen molar-refractivity contribution in [2.75, 3.05) is 0 Å². The normalized spacial score (nSPS) is 36.6. The fourth-order valence-corrected chi connectivity index (χ4v) is 2.11. The van der Waals surface area contributed by atoms with Crippen LogP contribution in [0.3, 0.4) is 0 Å². The van der Waals surface area contributed by atoms with E-state index in [4.69, 9.17) is 0 Å². The van der Waals surface area contributed by atoms with Gasteiger partial charge in [-0.15, -0.1) is 6.58 Å². The summed E-state index contributed by atoms with van der Waals surface area (Å²) in [7, 11) is 0. The van der Waals surface area contributed by atoms with Gasteiger partial charge in [0.25, 0.3) is 0 Å². The van der Waals surface area contributed by atoms with Gasteiger partial charge in [0.15, 0.2) is 0 Å². The predicted octanol–water partition coefficient (Wildman–Crippen LogP) is 2.36. The molecule has 0 aromatic carbocycles. The van der Waals surface area contributed by atoms with Crippen LogP contribution in [0.15, 0.2) is 12.7 Å². The molecular formula is C10H18O. The lowest BCUT2D eigenvalue weighted by Crippen LogP contribution is -2.36. The summed E-state index contributed by atoms with van der Waals surface area (Å²) in [6, 6.07) is 0. The minimum atomic E-state index is -0.156.